The zero-order valence-corrected chi connectivity index (χ0v) is 17.5. The Morgan fingerprint density at radius 2 is 1.93 bits per heavy atom. The molecule has 0 bridgehead atoms. The van der Waals surface area contributed by atoms with Crippen LogP contribution >= 0.6 is 15.9 Å². The summed E-state index contributed by atoms with van der Waals surface area (Å²) in [6.07, 6.45) is 2.77. The highest BCUT2D eigenvalue weighted by atomic mass is 79.9. The number of sulfonamides is 1. The van der Waals surface area contributed by atoms with Gasteiger partial charge in [-0.1, -0.05) is 41.1 Å². The maximum absolute atomic E-state index is 14.0. The van der Waals surface area contributed by atoms with Gasteiger partial charge in [-0.3, -0.25) is 0 Å². The number of hydrogen-bond acceptors (Lipinski definition) is 3. The molecule has 0 aromatic heterocycles. The summed E-state index contributed by atoms with van der Waals surface area (Å²) in [6.45, 7) is 2.39. The number of ether oxygens (including phenoxy) is 1. The quantitative estimate of drug-likeness (QED) is 0.544. The molecule has 146 valence electrons. The Kier molecular flexibility index (Phi) is 6.55. The van der Waals surface area contributed by atoms with Gasteiger partial charge in [0.1, 0.15) is 0 Å². The second-order valence-electron chi connectivity index (χ2n) is 6.80. The van der Waals surface area contributed by atoms with Crippen molar-refractivity contribution in [1.29, 1.82) is 0 Å². The first-order chi connectivity index (χ1) is 12.9. The summed E-state index contributed by atoms with van der Waals surface area (Å²) >= 11 is 3.34. The minimum atomic E-state index is -3.68. The lowest BCUT2D eigenvalue weighted by Gasteiger charge is -2.19. The summed E-state index contributed by atoms with van der Waals surface area (Å²) in [5, 5.41) is 0.664. The molecule has 1 aliphatic carbocycles. The Labute approximate surface area is 168 Å². The number of rotatable bonds is 9. The van der Waals surface area contributed by atoms with E-state index in [0.717, 1.165) is 18.4 Å². The van der Waals surface area contributed by atoms with Crippen molar-refractivity contribution in [3.05, 3.63) is 59.4 Å². The highest BCUT2D eigenvalue weighted by Gasteiger charge is 2.24. The summed E-state index contributed by atoms with van der Waals surface area (Å²) < 4.78 is 47.8. The van der Waals surface area contributed by atoms with Gasteiger partial charge in [0.05, 0.1) is 11.5 Å². The van der Waals surface area contributed by atoms with Crippen LogP contribution in [0.3, 0.4) is 0 Å². The fourth-order valence-electron chi connectivity index (χ4n) is 2.74. The second kappa shape index (κ2) is 8.71. The molecule has 0 aliphatic heterocycles. The van der Waals surface area contributed by atoms with E-state index in [4.69, 9.17) is 4.74 Å². The molecule has 1 saturated carbocycles. The van der Waals surface area contributed by atoms with Crippen molar-refractivity contribution < 1.29 is 17.5 Å². The molecule has 27 heavy (non-hydrogen) atoms. The Morgan fingerprint density at radius 1 is 1.22 bits per heavy atom. The lowest BCUT2D eigenvalue weighted by Crippen LogP contribution is -2.28. The molecule has 1 atom stereocenters. The van der Waals surface area contributed by atoms with Gasteiger partial charge < -0.3 is 4.74 Å². The fraction of sp³-hybridized carbons (Fsp3) is 0.400. The molecule has 4 nitrogen and oxygen atoms in total. The van der Waals surface area contributed by atoms with Crippen LogP contribution in [0.5, 0.6) is 5.75 Å². The molecule has 1 fully saturated rings. The maximum atomic E-state index is 14.0. The Balaban J connectivity index is 1.78. The Bertz CT molecular complexity index is 883. The molecule has 1 N–H and O–H groups in total. The highest BCUT2D eigenvalue weighted by molar-refractivity contribution is 9.08. The van der Waals surface area contributed by atoms with Gasteiger partial charge in [0.25, 0.3) is 0 Å². The molecule has 0 amide bonds. The van der Waals surface area contributed by atoms with Crippen LogP contribution < -0.4 is 9.46 Å². The minimum Gasteiger partial charge on any atom is -0.490 e. The molecule has 2 aromatic rings. The monoisotopic (exact) mass is 455 g/mol. The summed E-state index contributed by atoms with van der Waals surface area (Å²) in [5.41, 5.74) is 1.68. The van der Waals surface area contributed by atoms with Gasteiger partial charge in [-0.05, 0) is 60.6 Å². The van der Waals surface area contributed by atoms with Crippen molar-refractivity contribution in [2.45, 2.75) is 42.5 Å². The fourth-order valence-corrected chi connectivity index (χ4v) is 4.42. The van der Waals surface area contributed by atoms with E-state index in [1.807, 2.05) is 6.92 Å². The van der Waals surface area contributed by atoms with Crippen LogP contribution in [0.15, 0.2) is 47.4 Å². The number of halogens is 2. The molecule has 0 heterocycles. The van der Waals surface area contributed by atoms with Gasteiger partial charge in [0, 0.05) is 11.4 Å². The topological polar surface area (TPSA) is 55.4 Å². The lowest BCUT2D eigenvalue weighted by molar-refractivity contribution is 0.284. The third kappa shape index (κ3) is 5.30. The SMILES string of the molecule is CCC(NS(=O)(=O)c1ccc(CBr)cc1)c1ccc(F)c(OCC2CC2)c1. The Hall–Kier alpha value is -1.44. The predicted octanol–water partition coefficient (Wildman–Crippen LogP) is 4.94. The molecule has 1 unspecified atom stereocenters. The van der Waals surface area contributed by atoms with Crippen LogP contribution in [0, 0.1) is 11.7 Å². The molecule has 0 spiro atoms. The van der Waals surface area contributed by atoms with E-state index in [2.05, 4.69) is 20.7 Å². The van der Waals surface area contributed by atoms with Crippen molar-refractivity contribution >= 4 is 26.0 Å². The molecule has 0 radical (unpaired) electrons. The van der Waals surface area contributed by atoms with E-state index in [1.54, 1.807) is 36.4 Å². The van der Waals surface area contributed by atoms with Crippen molar-refractivity contribution in [2.24, 2.45) is 5.92 Å². The van der Waals surface area contributed by atoms with Gasteiger partial charge in [0.2, 0.25) is 10.0 Å². The molecule has 0 saturated heterocycles. The zero-order valence-electron chi connectivity index (χ0n) is 15.1. The average molecular weight is 456 g/mol. The second-order valence-corrected chi connectivity index (χ2v) is 9.08. The number of alkyl halides is 1. The van der Waals surface area contributed by atoms with Gasteiger partial charge in [-0.15, -0.1) is 0 Å². The van der Waals surface area contributed by atoms with Crippen molar-refractivity contribution in [3.63, 3.8) is 0 Å². The first-order valence-electron chi connectivity index (χ1n) is 9.02. The first-order valence-corrected chi connectivity index (χ1v) is 11.6. The molecule has 2 aromatic carbocycles. The standard InChI is InChI=1S/C20H23BrFNO3S/c1-2-19(23-27(24,25)17-8-5-14(12-21)6-9-17)16-7-10-18(22)20(11-16)26-13-15-3-4-15/h5-11,15,19,23H,2-4,12-13H2,1H3. The van der Waals surface area contributed by atoms with Gasteiger partial charge in [-0.25, -0.2) is 17.5 Å². The predicted molar refractivity (Wildman–Crippen MR) is 107 cm³/mol. The van der Waals surface area contributed by atoms with Crippen LogP contribution in [-0.2, 0) is 15.4 Å². The van der Waals surface area contributed by atoms with E-state index >= 15 is 0 Å². The molecule has 3 rings (SSSR count). The van der Waals surface area contributed by atoms with E-state index in [-0.39, 0.29) is 10.6 Å². The van der Waals surface area contributed by atoms with E-state index in [1.165, 1.54) is 6.07 Å². The van der Waals surface area contributed by atoms with Crippen molar-refractivity contribution in [3.8, 4) is 5.75 Å². The maximum Gasteiger partial charge on any atom is 0.241 e. The lowest BCUT2D eigenvalue weighted by atomic mass is 10.1. The van der Waals surface area contributed by atoms with E-state index in [0.29, 0.717) is 29.8 Å². The third-order valence-electron chi connectivity index (χ3n) is 4.62. The average Bonchev–Trinajstić information content (AvgIpc) is 3.50. The number of hydrogen-bond donors (Lipinski definition) is 1. The summed E-state index contributed by atoms with van der Waals surface area (Å²) in [6, 6.07) is 10.8. The molecule has 1 aliphatic rings. The third-order valence-corrected chi connectivity index (χ3v) is 6.76. The summed E-state index contributed by atoms with van der Waals surface area (Å²) in [4.78, 5) is 0.206. The Morgan fingerprint density at radius 3 is 2.52 bits per heavy atom. The van der Waals surface area contributed by atoms with Crippen molar-refractivity contribution in [1.82, 2.24) is 4.72 Å². The van der Waals surface area contributed by atoms with Crippen LogP contribution in [0.25, 0.3) is 0 Å². The van der Waals surface area contributed by atoms with Gasteiger partial charge in [-0.2, -0.15) is 0 Å². The van der Waals surface area contributed by atoms with Crippen LogP contribution in [0.2, 0.25) is 0 Å². The van der Waals surface area contributed by atoms with E-state index < -0.39 is 21.9 Å². The largest absolute Gasteiger partial charge is 0.490 e. The highest BCUT2D eigenvalue weighted by Crippen LogP contribution is 2.31. The molecule has 7 heteroatoms. The number of benzene rings is 2. The number of nitrogens with one attached hydrogen (secondary N) is 1. The smallest absolute Gasteiger partial charge is 0.241 e. The van der Waals surface area contributed by atoms with Crippen molar-refractivity contribution in [2.75, 3.05) is 6.61 Å². The normalized spacial score (nSPS) is 15.5. The zero-order chi connectivity index (χ0) is 19.4. The summed E-state index contributed by atoms with van der Waals surface area (Å²) in [7, 11) is -3.68. The van der Waals surface area contributed by atoms with E-state index in [9.17, 15) is 12.8 Å². The van der Waals surface area contributed by atoms with Crippen LogP contribution in [-0.4, -0.2) is 15.0 Å². The molecular formula is C20H23BrFNO3S. The first kappa shape index (κ1) is 20.3. The van der Waals surface area contributed by atoms with Crippen LogP contribution in [0.4, 0.5) is 4.39 Å². The van der Waals surface area contributed by atoms with Crippen LogP contribution in [0.1, 0.15) is 43.4 Å². The van der Waals surface area contributed by atoms with Gasteiger partial charge >= 0.3 is 0 Å². The van der Waals surface area contributed by atoms with Gasteiger partial charge in [0.15, 0.2) is 11.6 Å². The molecular weight excluding hydrogens is 433 g/mol. The minimum absolute atomic E-state index is 0.179. The summed E-state index contributed by atoms with van der Waals surface area (Å²) in [5.74, 6) is 0.261.